The van der Waals surface area contributed by atoms with Crippen molar-refractivity contribution in [1.82, 2.24) is 9.62 Å². The Morgan fingerprint density at radius 3 is 2.65 bits per heavy atom. The average Bonchev–Trinajstić information content (AvgIpc) is 2.98. The largest absolute Gasteiger partial charge is 0.354 e. The Labute approximate surface area is 104 Å². The van der Waals surface area contributed by atoms with Crippen molar-refractivity contribution in [3.05, 3.63) is 16.3 Å². The number of hydrogen-bond donors (Lipinski definition) is 1. The number of thiophene rings is 1. The van der Waals surface area contributed by atoms with Crippen molar-refractivity contribution in [3.63, 3.8) is 0 Å². The summed E-state index contributed by atoms with van der Waals surface area (Å²) >= 11 is 1.15. The first-order valence-electron chi connectivity index (χ1n) is 5.37. The SMILES string of the molecule is CNC(=O)c1sccc1S(=O)(=O)N1CCCC1. The van der Waals surface area contributed by atoms with Crippen LogP contribution in [-0.2, 0) is 10.0 Å². The van der Waals surface area contributed by atoms with E-state index in [2.05, 4.69) is 5.32 Å². The van der Waals surface area contributed by atoms with Gasteiger partial charge in [-0.3, -0.25) is 4.79 Å². The fourth-order valence-electron chi connectivity index (χ4n) is 1.85. The molecule has 1 N–H and O–H groups in total. The molecule has 1 aromatic rings. The molecule has 1 fully saturated rings. The Hall–Kier alpha value is -0.920. The second-order valence-corrected chi connectivity index (χ2v) is 6.63. The summed E-state index contributed by atoms with van der Waals surface area (Å²) in [5.41, 5.74) is 0. The third-order valence-corrected chi connectivity index (χ3v) is 5.73. The van der Waals surface area contributed by atoms with Crippen molar-refractivity contribution in [2.45, 2.75) is 17.7 Å². The second kappa shape index (κ2) is 4.75. The van der Waals surface area contributed by atoms with Gasteiger partial charge in [0, 0.05) is 20.1 Å². The van der Waals surface area contributed by atoms with Crippen LogP contribution in [0.1, 0.15) is 22.5 Å². The number of rotatable bonds is 3. The third kappa shape index (κ3) is 2.22. The Bertz CT molecular complexity index is 515. The Morgan fingerprint density at radius 2 is 2.06 bits per heavy atom. The lowest BCUT2D eigenvalue weighted by atomic mass is 10.4. The van der Waals surface area contributed by atoms with Crippen LogP contribution in [0.25, 0.3) is 0 Å². The quantitative estimate of drug-likeness (QED) is 0.890. The van der Waals surface area contributed by atoms with Gasteiger partial charge in [0.25, 0.3) is 5.91 Å². The van der Waals surface area contributed by atoms with Crippen LogP contribution in [0.15, 0.2) is 16.3 Å². The molecule has 0 saturated carbocycles. The molecule has 1 amide bonds. The highest BCUT2D eigenvalue weighted by molar-refractivity contribution is 7.89. The van der Waals surface area contributed by atoms with Crippen LogP contribution in [0.2, 0.25) is 0 Å². The number of sulfonamides is 1. The normalized spacial score (nSPS) is 17.2. The molecule has 0 unspecified atom stereocenters. The fourth-order valence-corrected chi connectivity index (χ4v) is 4.71. The summed E-state index contributed by atoms with van der Waals surface area (Å²) in [6.07, 6.45) is 1.78. The summed E-state index contributed by atoms with van der Waals surface area (Å²) < 4.78 is 26.0. The third-order valence-electron chi connectivity index (χ3n) is 2.75. The Kier molecular flexibility index (Phi) is 3.50. The number of hydrogen-bond acceptors (Lipinski definition) is 4. The van der Waals surface area contributed by atoms with Gasteiger partial charge in [-0.1, -0.05) is 0 Å². The molecular weight excluding hydrogens is 260 g/mol. The van der Waals surface area contributed by atoms with E-state index in [1.807, 2.05) is 0 Å². The fraction of sp³-hybridized carbons (Fsp3) is 0.500. The summed E-state index contributed by atoms with van der Waals surface area (Å²) in [4.78, 5) is 12.0. The van der Waals surface area contributed by atoms with E-state index in [-0.39, 0.29) is 15.7 Å². The highest BCUT2D eigenvalue weighted by atomic mass is 32.2. The molecule has 1 aliphatic rings. The van der Waals surface area contributed by atoms with Crippen LogP contribution in [-0.4, -0.2) is 38.8 Å². The molecule has 7 heteroatoms. The van der Waals surface area contributed by atoms with Gasteiger partial charge in [-0.25, -0.2) is 8.42 Å². The number of nitrogens with zero attached hydrogens (tertiary/aromatic N) is 1. The lowest BCUT2D eigenvalue weighted by Crippen LogP contribution is -2.29. The topological polar surface area (TPSA) is 66.5 Å². The zero-order valence-electron chi connectivity index (χ0n) is 9.47. The molecule has 0 radical (unpaired) electrons. The Morgan fingerprint density at radius 1 is 1.41 bits per heavy atom. The molecule has 0 atom stereocenters. The standard InChI is InChI=1S/C10H14N2O3S2/c1-11-10(13)9-8(4-7-16-9)17(14,15)12-5-2-3-6-12/h4,7H,2-3,5-6H2,1H3,(H,11,13). The number of nitrogens with one attached hydrogen (secondary N) is 1. The molecule has 0 aromatic carbocycles. The number of carbonyl (C=O) groups is 1. The van der Waals surface area contributed by atoms with Crippen LogP contribution in [0.3, 0.4) is 0 Å². The van der Waals surface area contributed by atoms with E-state index in [0.717, 1.165) is 24.2 Å². The van der Waals surface area contributed by atoms with E-state index in [9.17, 15) is 13.2 Å². The van der Waals surface area contributed by atoms with Gasteiger partial charge in [0.15, 0.2) is 0 Å². The maximum Gasteiger partial charge on any atom is 0.262 e. The molecule has 1 aliphatic heterocycles. The van der Waals surface area contributed by atoms with Crippen LogP contribution in [0.5, 0.6) is 0 Å². The molecular formula is C10H14N2O3S2. The van der Waals surface area contributed by atoms with E-state index < -0.39 is 10.0 Å². The van der Waals surface area contributed by atoms with E-state index in [4.69, 9.17) is 0 Å². The molecule has 1 saturated heterocycles. The van der Waals surface area contributed by atoms with E-state index >= 15 is 0 Å². The first-order valence-corrected chi connectivity index (χ1v) is 7.69. The van der Waals surface area contributed by atoms with Gasteiger partial charge in [0.05, 0.1) is 0 Å². The van der Waals surface area contributed by atoms with Gasteiger partial charge in [-0.15, -0.1) is 11.3 Å². The molecule has 2 rings (SSSR count). The minimum absolute atomic E-state index is 0.128. The van der Waals surface area contributed by atoms with Crippen LogP contribution >= 0.6 is 11.3 Å². The predicted molar refractivity (Wildman–Crippen MR) is 65.7 cm³/mol. The lowest BCUT2D eigenvalue weighted by Gasteiger charge is -2.15. The second-order valence-electron chi connectivity index (χ2n) is 3.80. The molecule has 5 nitrogen and oxygen atoms in total. The molecule has 0 aliphatic carbocycles. The van der Waals surface area contributed by atoms with Gasteiger partial charge in [-0.05, 0) is 24.3 Å². The van der Waals surface area contributed by atoms with Gasteiger partial charge < -0.3 is 5.32 Å². The highest BCUT2D eigenvalue weighted by Crippen LogP contribution is 2.27. The number of amides is 1. The van der Waals surface area contributed by atoms with Crippen molar-refractivity contribution in [2.75, 3.05) is 20.1 Å². The molecule has 1 aromatic heterocycles. The molecule has 17 heavy (non-hydrogen) atoms. The first-order chi connectivity index (χ1) is 8.07. The van der Waals surface area contributed by atoms with Gasteiger partial charge in [0.2, 0.25) is 10.0 Å². The van der Waals surface area contributed by atoms with Crippen molar-refractivity contribution < 1.29 is 13.2 Å². The summed E-state index contributed by atoms with van der Waals surface area (Å²) in [6, 6.07) is 1.50. The molecule has 0 spiro atoms. The Balaban J connectivity index is 2.39. The van der Waals surface area contributed by atoms with Crippen LogP contribution < -0.4 is 5.32 Å². The van der Waals surface area contributed by atoms with E-state index in [1.165, 1.54) is 17.4 Å². The average molecular weight is 274 g/mol. The summed E-state index contributed by atoms with van der Waals surface area (Å²) in [6.45, 7) is 1.09. The maximum atomic E-state index is 12.3. The molecule has 2 heterocycles. The van der Waals surface area contributed by atoms with Crippen LogP contribution in [0.4, 0.5) is 0 Å². The van der Waals surface area contributed by atoms with Gasteiger partial charge in [0.1, 0.15) is 9.77 Å². The van der Waals surface area contributed by atoms with Crippen molar-refractivity contribution in [1.29, 1.82) is 0 Å². The summed E-state index contributed by atoms with van der Waals surface area (Å²) in [5, 5.41) is 4.09. The first kappa shape index (κ1) is 12.5. The van der Waals surface area contributed by atoms with Gasteiger partial charge >= 0.3 is 0 Å². The summed E-state index contributed by atoms with van der Waals surface area (Å²) in [5.74, 6) is -0.349. The van der Waals surface area contributed by atoms with Crippen LogP contribution in [0, 0.1) is 0 Å². The lowest BCUT2D eigenvalue weighted by molar-refractivity contribution is 0.0964. The van der Waals surface area contributed by atoms with Crippen molar-refractivity contribution >= 4 is 27.3 Å². The number of carbonyl (C=O) groups excluding carboxylic acids is 1. The zero-order valence-corrected chi connectivity index (χ0v) is 11.1. The maximum absolute atomic E-state index is 12.3. The smallest absolute Gasteiger partial charge is 0.262 e. The van der Waals surface area contributed by atoms with Crippen molar-refractivity contribution in [3.8, 4) is 0 Å². The molecule has 94 valence electrons. The summed E-state index contributed by atoms with van der Waals surface area (Å²) in [7, 11) is -2.00. The predicted octanol–water partition coefficient (Wildman–Crippen LogP) is 0.892. The minimum atomic E-state index is -3.50. The minimum Gasteiger partial charge on any atom is -0.354 e. The van der Waals surface area contributed by atoms with E-state index in [0.29, 0.717) is 13.1 Å². The highest BCUT2D eigenvalue weighted by Gasteiger charge is 2.31. The monoisotopic (exact) mass is 274 g/mol. The van der Waals surface area contributed by atoms with E-state index in [1.54, 1.807) is 5.38 Å². The van der Waals surface area contributed by atoms with Crippen molar-refractivity contribution in [2.24, 2.45) is 0 Å². The molecule has 0 bridgehead atoms. The van der Waals surface area contributed by atoms with Gasteiger partial charge in [-0.2, -0.15) is 4.31 Å². The zero-order chi connectivity index (χ0) is 12.5.